The van der Waals surface area contributed by atoms with E-state index in [-0.39, 0.29) is 45.1 Å². The second-order valence-electron chi connectivity index (χ2n) is 9.29. The number of amides is 1. The zero-order valence-electron chi connectivity index (χ0n) is 23.0. The highest BCUT2D eigenvalue weighted by Gasteiger charge is 2.23. The van der Waals surface area contributed by atoms with Crippen LogP contribution in [0.25, 0.3) is 21.8 Å². The predicted octanol–water partition coefficient (Wildman–Crippen LogP) is 5.14. The smallest absolute Gasteiger partial charge is 0.339 e. The molecule has 0 aliphatic rings. The first kappa shape index (κ1) is 30.4. The molecule has 14 heteroatoms. The maximum absolute atomic E-state index is 12.9. The van der Waals surface area contributed by atoms with Gasteiger partial charge in [0.2, 0.25) is 0 Å². The molecule has 4 aromatic carbocycles. The van der Waals surface area contributed by atoms with Gasteiger partial charge in [0.25, 0.3) is 11.6 Å². The largest absolute Gasteiger partial charge is 0.490 e. The summed E-state index contributed by atoms with van der Waals surface area (Å²) >= 11 is 3.30. The Morgan fingerprint density at radius 3 is 2.23 bits per heavy atom. The van der Waals surface area contributed by atoms with Crippen LogP contribution < -0.4 is 19.8 Å². The Kier molecular flexibility index (Phi) is 8.73. The summed E-state index contributed by atoms with van der Waals surface area (Å²) < 4.78 is 38.7. The van der Waals surface area contributed by atoms with Gasteiger partial charge in [-0.3, -0.25) is 19.7 Å². The van der Waals surface area contributed by atoms with Gasteiger partial charge in [0.1, 0.15) is 11.4 Å². The average Bonchev–Trinajstić information content (AvgIpc) is 3.01. The molecule has 5 aromatic rings. The molecule has 224 valence electrons. The number of benzene rings is 4. The summed E-state index contributed by atoms with van der Waals surface area (Å²) in [6.45, 7) is 1.77. The Balaban J connectivity index is 1.36. The number of hydrogen-bond acceptors (Lipinski definition) is 9. The van der Waals surface area contributed by atoms with Gasteiger partial charge in [0.15, 0.2) is 16.9 Å². The zero-order chi connectivity index (χ0) is 31.4. The van der Waals surface area contributed by atoms with Gasteiger partial charge in [0.05, 0.1) is 33.3 Å². The lowest BCUT2D eigenvalue weighted by Crippen LogP contribution is -2.25. The van der Waals surface area contributed by atoms with E-state index in [1.807, 2.05) is 0 Å². The van der Waals surface area contributed by atoms with E-state index in [0.717, 1.165) is 24.3 Å². The lowest BCUT2D eigenvalue weighted by Gasteiger charge is -2.15. The van der Waals surface area contributed by atoms with E-state index >= 15 is 0 Å². The molecule has 0 aliphatic heterocycles. The third-order valence-electron chi connectivity index (χ3n) is 6.44. The molecular weight excluding hydrogens is 656 g/mol. The summed E-state index contributed by atoms with van der Waals surface area (Å²) in [5.74, 6) is -0.506. The van der Waals surface area contributed by atoms with Gasteiger partial charge < -0.3 is 13.5 Å². The molecule has 0 radical (unpaired) electrons. The number of nitro groups is 1. The van der Waals surface area contributed by atoms with E-state index in [0.29, 0.717) is 27.4 Å². The molecule has 1 amide bonds. The lowest BCUT2D eigenvalue weighted by atomic mass is 10.1. The second-order valence-corrected chi connectivity index (χ2v) is 11.7. The number of nitrogens with one attached hydrogen (secondary N) is 1. The van der Waals surface area contributed by atoms with Gasteiger partial charge in [0, 0.05) is 22.9 Å². The number of fused-ring (bicyclic) bond motifs is 2. The normalized spacial score (nSPS) is 11.6. The molecular formula is C30H23BrN4O8S. The van der Waals surface area contributed by atoms with Crippen molar-refractivity contribution in [3.63, 3.8) is 0 Å². The van der Waals surface area contributed by atoms with Gasteiger partial charge in [-0.25, -0.2) is 5.43 Å². The van der Waals surface area contributed by atoms with E-state index < -0.39 is 20.9 Å². The van der Waals surface area contributed by atoms with Crippen LogP contribution in [-0.4, -0.2) is 36.6 Å². The van der Waals surface area contributed by atoms with Crippen LogP contribution in [0.2, 0.25) is 0 Å². The number of nitrogens with zero attached hydrogens (tertiary/aromatic N) is 3. The first-order chi connectivity index (χ1) is 21.1. The summed E-state index contributed by atoms with van der Waals surface area (Å²) in [6.07, 6.45) is 1.35. The predicted molar refractivity (Wildman–Crippen MR) is 168 cm³/mol. The number of halogens is 1. The van der Waals surface area contributed by atoms with Crippen molar-refractivity contribution in [1.82, 2.24) is 9.99 Å². The number of non-ortho nitro benzene ring substituents is 1. The van der Waals surface area contributed by atoms with Crippen LogP contribution in [0.4, 0.5) is 5.69 Å². The fourth-order valence-electron chi connectivity index (χ4n) is 4.50. The Morgan fingerprint density at radius 2 is 1.64 bits per heavy atom. The van der Waals surface area contributed by atoms with Crippen molar-refractivity contribution in [3.8, 4) is 11.5 Å². The van der Waals surface area contributed by atoms with Gasteiger partial charge in [-0.15, -0.1) is 0 Å². The Labute approximate surface area is 258 Å². The monoisotopic (exact) mass is 678 g/mol. The third-order valence-corrected chi connectivity index (χ3v) is 8.27. The van der Waals surface area contributed by atoms with Crippen LogP contribution in [0, 0.1) is 10.1 Å². The van der Waals surface area contributed by atoms with Gasteiger partial charge in [-0.2, -0.15) is 13.5 Å². The number of pyridine rings is 1. The fourth-order valence-corrected chi connectivity index (χ4v) is 6.11. The number of ether oxygens (including phenoxy) is 1. The summed E-state index contributed by atoms with van der Waals surface area (Å²) in [6, 6.07) is 21.4. The summed E-state index contributed by atoms with van der Waals surface area (Å²) in [7, 11) is -4.37. The van der Waals surface area contributed by atoms with Crippen LogP contribution in [0.3, 0.4) is 0 Å². The number of nitro benzene ring substituents is 1. The minimum absolute atomic E-state index is 0.0753. The molecule has 1 heterocycles. The number of rotatable bonds is 10. The summed E-state index contributed by atoms with van der Waals surface area (Å²) in [4.78, 5) is 35.9. The molecule has 12 nitrogen and oxygen atoms in total. The molecule has 0 unspecified atom stereocenters. The Morgan fingerprint density at radius 1 is 1.02 bits per heavy atom. The number of aromatic nitrogens is 1. The highest BCUT2D eigenvalue weighted by molar-refractivity contribution is 9.10. The van der Waals surface area contributed by atoms with Gasteiger partial charge >= 0.3 is 10.1 Å². The molecule has 1 N–H and O–H groups in total. The van der Waals surface area contributed by atoms with E-state index in [1.54, 1.807) is 60.0 Å². The first-order valence-corrected chi connectivity index (χ1v) is 15.3. The first-order valence-electron chi connectivity index (χ1n) is 13.1. The SMILES string of the molecule is CCOc1cc(/C=N\NC(=O)Cn2c3ccccc3c(=O)c3ccccc32)cc(Br)c1OS(=O)(=O)c1ccc([N+](=O)[O-])cc1. The van der Waals surface area contributed by atoms with E-state index in [1.165, 1.54) is 18.3 Å². The lowest BCUT2D eigenvalue weighted by molar-refractivity contribution is -0.384. The number of hydrogen-bond donors (Lipinski definition) is 1. The Bertz CT molecular complexity index is 2050. The fraction of sp³-hybridized carbons (Fsp3) is 0.100. The maximum Gasteiger partial charge on any atom is 0.339 e. The van der Waals surface area contributed by atoms with E-state index in [2.05, 4.69) is 26.5 Å². The van der Waals surface area contributed by atoms with Crippen molar-refractivity contribution in [1.29, 1.82) is 0 Å². The molecule has 5 rings (SSSR count). The van der Waals surface area contributed by atoms with Crippen molar-refractivity contribution in [2.75, 3.05) is 6.61 Å². The van der Waals surface area contributed by atoms with E-state index in [4.69, 9.17) is 8.92 Å². The number of para-hydroxylation sites is 2. The molecule has 0 saturated carbocycles. The standard InChI is InChI=1S/C30H23BrN4O8S/c1-2-42-27-16-19(15-24(31)30(27)43-44(40,41)21-13-11-20(12-14-21)35(38)39)17-32-33-28(36)18-34-25-9-5-3-7-22(25)29(37)23-8-4-6-10-26(23)34/h3-17H,2,18H2,1H3,(H,33,36)/b32-17-. The maximum atomic E-state index is 12.9. The van der Waals surface area contributed by atoms with Crippen LogP contribution in [0.15, 0.2) is 104 Å². The quantitative estimate of drug-likeness (QED) is 0.0699. The van der Waals surface area contributed by atoms with Crippen LogP contribution in [-0.2, 0) is 21.5 Å². The summed E-state index contributed by atoms with van der Waals surface area (Å²) in [5.41, 5.74) is 3.76. The minimum Gasteiger partial charge on any atom is -0.490 e. The summed E-state index contributed by atoms with van der Waals surface area (Å²) in [5, 5.41) is 15.9. The van der Waals surface area contributed by atoms with Crippen molar-refractivity contribution >= 4 is 65.7 Å². The molecule has 0 saturated heterocycles. The Hall–Kier alpha value is -5.08. The average molecular weight is 680 g/mol. The second kappa shape index (κ2) is 12.7. The molecule has 44 heavy (non-hydrogen) atoms. The molecule has 0 atom stereocenters. The van der Waals surface area contributed by atoms with Gasteiger partial charge in [-0.1, -0.05) is 24.3 Å². The van der Waals surface area contributed by atoms with Crippen molar-refractivity contribution < 1.29 is 27.1 Å². The van der Waals surface area contributed by atoms with Crippen LogP contribution in [0.5, 0.6) is 11.5 Å². The molecule has 0 fully saturated rings. The van der Waals surface area contributed by atoms with E-state index in [9.17, 15) is 28.1 Å². The molecule has 0 aliphatic carbocycles. The van der Waals surface area contributed by atoms with Crippen molar-refractivity contribution in [3.05, 3.63) is 115 Å². The van der Waals surface area contributed by atoms with Crippen molar-refractivity contribution in [2.24, 2.45) is 5.10 Å². The third kappa shape index (κ3) is 6.31. The topological polar surface area (TPSA) is 159 Å². The van der Waals surface area contributed by atoms with Crippen LogP contribution in [0.1, 0.15) is 12.5 Å². The van der Waals surface area contributed by atoms with Gasteiger partial charge in [-0.05, 0) is 76.9 Å². The number of carbonyl (C=O) groups is 1. The highest BCUT2D eigenvalue weighted by atomic mass is 79.9. The number of hydrazone groups is 1. The molecule has 1 aromatic heterocycles. The van der Waals surface area contributed by atoms with Crippen molar-refractivity contribution in [2.45, 2.75) is 18.4 Å². The highest BCUT2D eigenvalue weighted by Crippen LogP contribution is 2.38. The van der Waals surface area contributed by atoms with Crippen LogP contribution >= 0.6 is 15.9 Å². The molecule has 0 bridgehead atoms. The molecule has 0 spiro atoms. The number of carbonyl (C=O) groups excluding carboxylic acids is 1. The minimum atomic E-state index is -4.37. The zero-order valence-corrected chi connectivity index (χ0v) is 25.4.